The Morgan fingerprint density at radius 2 is 2.26 bits per heavy atom. The topological polar surface area (TPSA) is 177 Å². The molecule has 4 heterocycles. The number of oxime groups is 1. The van der Waals surface area contributed by atoms with E-state index < -0.39 is 29.2 Å². The van der Waals surface area contributed by atoms with Crippen LogP contribution in [0.4, 0.5) is 5.13 Å². The average molecular weight is 564 g/mol. The first-order valence-electron chi connectivity index (χ1n) is 9.55. The van der Waals surface area contributed by atoms with Crippen LogP contribution in [0.3, 0.4) is 0 Å². The van der Waals surface area contributed by atoms with Gasteiger partial charge in [0.05, 0.1) is 6.26 Å². The van der Waals surface area contributed by atoms with Crippen LogP contribution in [0.1, 0.15) is 17.7 Å². The van der Waals surface area contributed by atoms with Crippen LogP contribution < -0.4 is 62.4 Å². The fraction of sp³-hybridized carbons (Fsp3) is 0.263. The van der Waals surface area contributed by atoms with Gasteiger partial charge >= 0.3 is 57.4 Å². The zero-order valence-electron chi connectivity index (χ0n) is 19.4. The van der Waals surface area contributed by atoms with Gasteiger partial charge < -0.3 is 26.8 Å². The Labute approximate surface area is 255 Å². The SMILES string of the molecule is CO/N=C(\C(=O)N[C@@H]1C(=O)N2C(C(=O)O)=C(CSC(=O)c3ccco3)CS[C@H]12)c1csc(N)n1.[H-].[K+]. The van der Waals surface area contributed by atoms with E-state index in [1.165, 1.54) is 36.6 Å². The molecule has 2 amide bonds. The Hall–Kier alpha value is -1.66. The first-order valence-corrected chi connectivity index (χ1v) is 12.5. The number of thioether (sulfide) groups is 2. The molecule has 0 radical (unpaired) electrons. The Bertz CT molecular complexity index is 1220. The van der Waals surface area contributed by atoms with Crippen molar-refractivity contribution in [3.63, 3.8) is 0 Å². The molecule has 180 valence electrons. The number of β-lactam (4-membered cyclic amide) rings is 1. The summed E-state index contributed by atoms with van der Waals surface area (Å²) in [5.41, 5.74) is 5.89. The van der Waals surface area contributed by atoms with Crippen LogP contribution in [0.2, 0.25) is 0 Å². The maximum Gasteiger partial charge on any atom is 1.00 e. The smallest absolute Gasteiger partial charge is 1.00 e. The van der Waals surface area contributed by atoms with Gasteiger partial charge in [0.25, 0.3) is 16.9 Å². The van der Waals surface area contributed by atoms with E-state index in [0.29, 0.717) is 5.57 Å². The van der Waals surface area contributed by atoms with Crippen molar-refractivity contribution in [2.45, 2.75) is 11.4 Å². The first kappa shape index (κ1) is 27.9. The summed E-state index contributed by atoms with van der Waals surface area (Å²) < 4.78 is 5.05. The third-order valence-electron chi connectivity index (χ3n) is 4.80. The molecule has 1 fully saturated rings. The number of carboxylic acids is 1. The molecule has 0 unspecified atom stereocenters. The van der Waals surface area contributed by atoms with Crippen LogP contribution in [-0.2, 0) is 19.2 Å². The number of anilines is 1. The molecule has 16 heteroatoms. The summed E-state index contributed by atoms with van der Waals surface area (Å²) in [5.74, 6) is -2.08. The zero-order chi connectivity index (χ0) is 24.4. The minimum Gasteiger partial charge on any atom is -1.00 e. The molecule has 4 N–H and O–H groups in total. The number of hydrogen-bond donors (Lipinski definition) is 3. The first-order chi connectivity index (χ1) is 16.3. The fourth-order valence-corrected chi connectivity index (χ4v) is 6.14. The number of carboxylic acid groups (broad SMARTS) is 1. The Kier molecular flexibility index (Phi) is 9.61. The number of nitrogens with two attached hydrogens (primary N) is 1. The van der Waals surface area contributed by atoms with Crippen LogP contribution in [-0.4, -0.2) is 73.6 Å². The second-order valence-electron chi connectivity index (χ2n) is 6.87. The van der Waals surface area contributed by atoms with Gasteiger partial charge in [-0.2, -0.15) is 0 Å². The summed E-state index contributed by atoms with van der Waals surface area (Å²) >= 11 is 3.29. The molecule has 12 nitrogen and oxygen atoms in total. The number of carbonyl (C=O) groups is 4. The summed E-state index contributed by atoms with van der Waals surface area (Å²) in [7, 11) is 1.26. The van der Waals surface area contributed by atoms with Gasteiger partial charge in [-0.3, -0.25) is 19.3 Å². The molecule has 1 saturated heterocycles. The van der Waals surface area contributed by atoms with Crippen molar-refractivity contribution in [2.24, 2.45) is 5.16 Å². The number of furan rings is 1. The van der Waals surface area contributed by atoms with Crippen molar-refractivity contribution in [3.05, 3.63) is 46.5 Å². The predicted molar refractivity (Wildman–Crippen MR) is 126 cm³/mol. The average Bonchev–Trinajstić information content (AvgIpc) is 3.50. The molecule has 4 rings (SSSR count). The standard InChI is InChI=1S/C19H17N5O7S3.K.H/c1-30-23-11(9-7-34-19(20)21-9)14(25)22-12-15(26)24-13(17(27)28)8(5-32-16(12)24)6-33-18(29)10-3-2-4-31-10;;/h2-4,7,12,16H,5-6H2,1H3,(H2,20,21)(H,22,25)(H,27,28);;/q;+1;-1/b23-11-;;/t12-,16-;;/m1../s1. The predicted octanol–water partition coefficient (Wildman–Crippen LogP) is -1.90. The van der Waals surface area contributed by atoms with Gasteiger partial charge in [0.15, 0.2) is 16.6 Å². The van der Waals surface area contributed by atoms with Gasteiger partial charge in [-0.05, 0) is 17.7 Å². The molecular formula is C19H18KN5O7S3. The number of nitrogen functional groups attached to an aromatic ring is 1. The number of amides is 2. The second kappa shape index (κ2) is 12.0. The van der Waals surface area contributed by atoms with Crippen molar-refractivity contribution in [1.29, 1.82) is 0 Å². The number of nitrogens with one attached hydrogen (secondary N) is 1. The number of thiazole rings is 1. The van der Waals surface area contributed by atoms with Gasteiger partial charge in [0.1, 0.15) is 29.9 Å². The van der Waals surface area contributed by atoms with Crippen molar-refractivity contribution in [3.8, 4) is 0 Å². The zero-order valence-corrected chi connectivity index (χ0v) is 24.0. The number of carbonyl (C=O) groups excluding carboxylic acids is 3. The summed E-state index contributed by atoms with van der Waals surface area (Å²) in [6, 6.07) is 2.13. The van der Waals surface area contributed by atoms with Crippen LogP contribution in [0, 0.1) is 0 Å². The van der Waals surface area contributed by atoms with E-state index in [1.54, 1.807) is 6.07 Å². The van der Waals surface area contributed by atoms with E-state index in [0.717, 1.165) is 28.0 Å². The summed E-state index contributed by atoms with van der Waals surface area (Å²) in [6.07, 6.45) is 1.37. The maximum absolute atomic E-state index is 12.8. The number of hydrogen-bond acceptors (Lipinski definition) is 12. The molecule has 2 aliphatic rings. The number of aromatic nitrogens is 1. The van der Waals surface area contributed by atoms with E-state index in [4.69, 9.17) is 15.0 Å². The molecule has 0 saturated carbocycles. The van der Waals surface area contributed by atoms with Crippen LogP contribution >= 0.6 is 34.9 Å². The molecule has 0 aromatic carbocycles. The van der Waals surface area contributed by atoms with Gasteiger partial charge in [0.2, 0.25) is 0 Å². The van der Waals surface area contributed by atoms with E-state index in [1.807, 2.05) is 0 Å². The maximum atomic E-state index is 12.8. The van der Waals surface area contributed by atoms with E-state index in [2.05, 4.69) is 15.5 Å². The minimum absolute atomic E-state index is 0. The molecular weight excluding hydrogens is 546 g/mol. The molecule has 35 heavy (non-hydrogen) atoms. The quantitative estimate of drug-likeness (QED) is 0.141. The van der Waals surface area contributed by atoms with Gasteiger partial charge in [-0.1, -0.05) is 16.9 Å². The van der Waals surface area contributed by atoms with Crippen molar-refractivity contribution in [1.82, 2.24) is 15.2 Å². The van der Waals surface area contributed by atoms with Crippen molar-refractivity contribution in [2.75, 3.05) is 24.3 Å². The van der Waals surface area contributed by atoms with Crippen LogP contribution in [0.5, 0.6) is 0 Å². The summed E-state index contributed by atoms with van der Waals surface area (Å²) in [6.45, 7) is 0. The monoisotopic (exact) mass is 563 g/mol. The number of fused-ring (bicyclic) bond motifs is 1. The van der Waals surface area contributed by atoms with Gasteiger partial charge in [0, 0.05) is 16.9 Å². The van der Waals surface area contributed by atoms with Crippen LogP contribution in [0.15, 0.2) is 44.6 Å². The number of rotatable bonds is 8. The Morgan fingerprint density at radius 3 is 2.86 bits per heavy atom. The largest absolute Gasteiger partial charge is 1.00 e. The molecule has 2 aromatic rings. The van der Waals surface area contributed by atoms with Crippen molar-refractivity contribution >= 4 is 68.6 Å². The van der Waals surface area contributed by atoms with E-state index in [-0.39, 0.29) is 97.4 Å². The van der Waals surface area contributed by atoms with Crippen molar-refractivity contribution < 1.29 is 86.4 Å². The number of aliphatic carboxylic acids is 1. The Morgan fingerprint density at radius 1 is 1.49 bits per heavy atom. The normalized spacial score (nSPS) is 19.4. The van der Waals surface area contributed by atoms with Gasteiger partial charge in [-0.25, -0.2) is 9.78 Å². The molecule has 0 spiro atoms. The van der Waals surface area contributed by atoms with Crippen LogP contribution in [0.25, 0.3) is 0 Å². The van der Waals surface area contributed by atoms with E-state index in [9.17, 15) is 24.3 Å². The molecule has 0 aliphatic carbocycles. The molecule has 2 aliphatic heterocycles. The third-order valence-corrected chi connectivity index (χ3v) is 7.77. The number of nitrogens with zero attached hydrogens (tertiary/aromatic N) is 3. The Balaban J connectivity index is 0.00000228. The van der Waals surface area contributed by atoms with Gasteiger partial charge in [-0.15, -0.1) is 23.1 Å². The summed E-state index contributed by atoms with van der Waals surface area (Å²) in [4.78, 5) is 59.6. The second-order valence-corrected chi connectivity index (χ2v) is 9.81. The summed E-state index contributed by atoms with van der Waals surface area (Å²) in [5, 5.41) is 16.8. The minimum atomic E-state index is -1.29. The third kappa shape index (κ3) is 5.85. The fourth-order valence-electron chi connectivity index (χ4n) is 3.31. The molecule has 2 aromatic heterocycles. The molecule has 0 bridgehead atoms. The molecule has 2 atom stereocenters. The van der Waals surface area contributed by atoms with E-state index >= 15 is 0 Å².